The average Bonchev–Trinajstić information content (AvgIpc) is 2.99. The fourth-order valence-corrected chi connectivity index (χ4v) is 6.70. The third-order valence-electron chi connectivity index (χ3n) is 8.14. The smallest absolute Gasteiger partial charge is 0.267 e. The number of ether oxygens (including phenoxy) is 2. The van der Waals surface area contributed by atoms with Gasteiger partial charge in [0.05, 0.1) is 0 Å². The number of fused-ring (bicyclic) bond motifs is 3. The first kappa shape index (κ1) is 22.6. The summed E-state index contributed by atoms with van der Waals surface area (Å²) < 4.78 is 13.1. The van der Waals surface area contributed by atoms with E-state index >= 15 is 0 Å². The van der Waals surface area contributed by atoms with Crippen molar-refractivity contribution in [3.63, 3.8) is 0 Å². The van der Waals surface area contributed by atoms with Crippen LogP contribution in [0.3, 0.4) is 0 Å². The molecule has 0 radical (unpaired) electrons. The lowest BCUT2D eigenvalue weighted by Gasteiger charge is -2.75. The molecule has 4 aromatic rings. The first-order valence-corrected chi connectivity index (χ1v) is 12.9. The fraction of sp³-hybridized carbons (Fsp3) is 0.188. The Bertz CT molecular complexity index is 1370. The summed E-state index contributed by atoms with van der Waals surface area (Å²) in [5, 5.41) is 0. The number of β-lactam (4-membered cyclic amide) rings is 2. The third-order valence-corrected chi connectivity index (χ3v) is 8.14. The molecule has 188 valence electrons. The van der Waals surface area contributed by atoms with Crippen LogP contribution in [0.15, 0.2) is 121 Å². The van der Waals surface area contributed by atoms with Crippen LogP contribution >= 0.6 is 0 Å². The van der Waals surface area contributed by atoms with E-state index in [0.717, 1.165) is 11.1 Å². The molecular formula is C32H26N2O4. The molecule has 3 aliphatic heterocycles. The van der Waals surface area contributed by atoms with Gasteiger partial charge in [0.1, 0.15) is 22.6 Å². The van der Waals surface area contributed by atoms with Crippen molar-refractivity contribution in [1.82, 2.24) is 9.80 Å². The normalized spacial score (nSPS) is 27.5. The lowest BCUT2D eigenvalue weighted by atomic mass is 9.51. The molecule has 3 fully saturated rings. The summed E-state index contributed by atoms with van der Waals surface area (Å²) in [7, 11) is 0. The molecule has 3 saturated heterocycles. The summed E-state index contributed by atoms with van der Waals surface area (Å²) >= 11 is 0. The van der Waals surface area contributed by atoms with Crippen LogP contribution in [0.4, 0.5) is 0 Å². The van der Waals surface area contributed by atoms with E-state index in [-0.39, 0.29) is 11.8 Å². The second kappa shape index (κ2) is 8.48. The topological polar surface area (TPSA) is 59.1 Å². The van der Waals surface area contributed by atoms with Gasteiger partial charge in [-0.3, -0.25) is 9.59 Å². The monoisotopic (exact) mass is 502 g/mol. The van der Waals surface area contributed by atoms with Gasteiger partial charge in [0.2, 0.25) is 12.2 Å². The maximum Gasteiger partial charge on any atom is 0.267 e. The van der Waals surface area contributed by atoms with Gasteiger partial charge in [0, 0.05) is 13.1 Å². The van der Waals surface area contributed by atoms with Crippen LogP contribution < -0.4 is 9.47 Å². The van der Waals surface area contributed by atoms with Gasteiger partial charge in [-0.1, -0.05) is 97.1 Å². The number of piperazine rings is 1. The largest absolute Gasteiger partial charge is 0.478 e. The molecule has 0 saturated carbocycles. The highest BCUT2D eigenvalue weighted by Crippen LogP contribution is 2.65. The number of nitrogens with zero attached hydrogens (tertiary/aromatic N) is 2. The first-order chi connectivity index (χ1) is 18.7. The molecule has 0 aromatic heterocycles. The van der Waals surface area contributed by atoms with Gasteiger partial charge in [-0.15, -0.1) is 0 Å². The van der Waals surface area contributed by atoms with Crippen molar-refractivity contribution in [1.29, 1.82) is 0 Å². The van der Waals surface area contributed by atoms with Gasteiger partial charge in [-0.05, 0) is 35.4 Å². The maximum absolute atomic E-state index is 13.8. The number of para-hydroxylation sites is 2. The summed E-state index contributed by atoms with van der Waals surface area (Å²) in [5.41, 5.74) is -0.200. The van der Waals surface area contributed by atoms with E-state index in [4.69, 9.17) is 9.47 Å². The first-order valence-electron chi connectivity index (χ1n) is 12.9. The molecule has 0 aliphatic carbocycles. The molecule has 6 heteroatoms. The minimum atomic E-state index is -1.01. The van der Waals surface area contributed by atoms with Crippen LogP contribution in [-0.2, 0) is 20.7 Å². The number of hydrogen-bond donors (Lipinski definition) is 0. The Kier molecular flexibility index (Phi) is 5.05. The Morgan fingerprint density at radius 3 is 1.16 bits per heavy atom. The van der Waals surface area contributed by atoms with Gasteiger partial charge in [0.15, 0.2) is 0 Å². The van der Waals surface area contributed by atoms with Crippen LogP contribution in [0.1, 0.15) is 11.1 Å². The van der Waals surface area contributed by atoms with Crippen molar-refractivity contribution in [3.8, 4) is 11.5 Å². The van der Waals surface area contributed by atoms with Gasteiger partial charge in [-0.25, -0.2) is 0 Å². The summed E-state index contributed by atoms with van der Waals surface area (Å²) in [5.74, 6) is 1.02. The standard InChI is InChI=1S/C32H26N2O4/c35-29-27(37-25-17-9-3-10-18-25)31(23-13-5-1-6-14-23)32(24-15-7-2-8-16-24)28(38-26-19-11-4-12-20-26)30(36)34(32)22-21-33(29)31/h1-20,27-28H,21-22H2/t27-,28+,31-,32+. The number of hydrogen-bond acceptors (Lipinski definition) is 4. The highest BCUT2D eigenvalue weighted by Gasteiger charge is 2.84. The molecule has 0 unspecified atom stereocenters. The summed E-state index contributed by atoms with van der Waals surface area (Å²) in [6, 6.07) is 38.7. The van der Waals surface area contributed by atoms with Gasteiger partial charge < -0.3 is 19.3 Å². The average molecular weight is 503 g/mol. The predicted molar refractivity (Wildman–Crippen MR) is 141 cm³/mol. The molecule has 0 N–H and O–H groups in total. The Hall–Kier alpha value is -4.58. The van der Waals surface area contributed by atoms with Gasteiger partial charge >= 0.3 is 0 Å². The van der Waals surface area contributed by atoms with Gasteiger partial charge in [-0.2, -0.15) is 0 Å². The zero-order valence-corrected chi connectivity index (χ0v) is 20.6. The molecule has 6 nitrogen and oxygen atoms in total. The summed E-state index contributed by atoms with van der Waals surface area (Å²) in [4.78, 5) is 31.5. The lowest BCUT2D eigenvalue weighted by Crippen LogP contribution is -2.95. The Morgan fingerprint density at radius 2 is 0.816 bits per heavy atom. The van der Waals surface area contributed by atoms with E-state index in [1.165, 1.54) is 0 Å². The van der Waals surface area contributed by atoms with Crippen LogP contribution in [0.2, 0.25) is 0 Å². The van der Waals surface area contributed by atoms with E-state index in [1.54, 1.807) is 0 Å². The molecule has 7 rings (SSSR count). The molecular weight excluding hydrogens is 476 g/mol. The number of benzene rings is 4. The molecule has 2 amide bonds. The van der Waals surface area contributed by atoms with E-state index in [2.05, 4.69) is 0 Å². The number of amides is 2. The van der Waals surface area contributed by atoms with Crippen molar-refractivity contribution >= 4 is 11.8 Å². The van der Waals surface area contributed by atoms with E-state index < -0.39 is 23.3 Å². The number of carbonyl (C=O) groups is 2. The van der Waals surface area contributed by atoms with Crippen molar-refractivity contribution in [3.05, 3.63) is 132 Å². The molecule has 0 bridgehead atoms. The third kappa shape index (κ3) is 2.83. The molecule has 0 spiro atoms. The summed E-state index contributed by atoms with van der Waals surface area (Å²) in [6.07, 6.45) is -1.71. The minimum absolute atomic E-state index is 0.0922. The molecule has 4 aromatic carbocycles. The van der Waals surface area contributed by atoms with Gasteiger partial charge in [0.25, 0.3) is 11.8 Å². The SMILES string of the molecule is O=C1[C@@H](Oc2ccccc2)[C@@]2(c3ccccc3)N1CCN1C(=O)[C@H](Oc3ccccc3)[C@]12c1ccccc1. The van der Waals surface area contributed by atoms with Crippen LogP contribution in [0.25, 0.3) is 0 Å². The molecule has 38 heavy (non-hydrogen) atoms. The van der Waals surface area contributed by atoms with E-state index in [9.17, 15) is 9.59 Å². The number of carbonyl (C=O) groups excluding carboxylic acids is 2. The van der Waals surface area contributed by atoms with Crippen molar-refractivity contribution in [2.45, 2.75) is 23.3 Å². The molecule has 3 aliphatic rings. The van der Waals surface area contributed by atoms with Crippen LogP contribution in [-0.4, -0.2) is 46.9 Å². The highest BCUT2D eigenvalue weighted by atomic mass is 16.5. The maximum atomic E-state index is 13.8. The fourth-order valence-electron chi connectivity index (χ4n) is 6.70. The Labute approximate surface area is 221 Å². The second-order valence-corrected chi connectivity index (χ2v) is 9.87. The van der Waals surface area contributed by atoms with Crippen molar-refractivity contribution in [2.24, 2.45) is 0 Å². The lowest BCUT2D eigenvalue weighted by molar-refractivity contribution is -0.276. The Morgan fingerprint density at radius 1 is 0.500 bits per heavy atom. The van der Waals surface area contributed by atoms with Crippen LogP contribution in [0.5, 0.6) is 11.5 Å². The molecule has 4 atom stereocenters. The van der Waals surface area contributed by atoms with Crippen molar-refractivity contribution < 1.29 is 19.1 Å². The van der Waals surface area contributed by atoms with Crippen molar-refractivity contribution in [2.75, 3.05) is 13.1 Å². The minimum Gasteiger partial charge on any atom is -0.478 e. The number of rotatable bonds is 6. The Balaban J connectivity index is 1.49. The molecule has 3 heterocycles. The second-order valence-electron chi connectivity index (χ2n) is 9.87. The quantitative estimate of drug-likeness (QED) is 0.368. The zero-order valence-electron chi connectivity index (χ0n) is 20.6. The van der Waals surface area contributed by atoms with Crippen LogP contribution in [0, 0.1) is 0 Å². The van der Waals surface area contributed by atoms with E-state index in [0.29, 0.717) is 24.6 Å². The summed E-state index contributed by atoms with van der Waals surface area (Å²) in [6.45, 7) is 0.835. The zero-order chi connectivity index (χ0) is 25.7. The highest BCUT2D eigenvalue weighted by molar-refractivity contribution is 5.99. The predicted octanol–water partition coefficient (Wildman–Crippen LogP) is 4.37. The van der Waals surface area contributed by atoms with E-state index in [1.807, 2.05) is 131 Å².